The summed E-state index contributed by atoms with van der Waals surface area (Å²) in [4.78, 5) is 2.69. The lowest BCUT2D eigenvalue weighted by Gasteiger charge is -2.52. The Hall–Kier alpha value is -0.120. The van der Waals surface area contributed by atoms with Crippen LogP contribution in [0.5, 0.6) is 0 Å². The molecule has 2 atom stereocenters. The molecule has 2 aliphatic heterocycles. The van der Waals surface area contributed by atoms with Crippen molar-refractivity contribution in [2.45, 2.75) is 39.3 Å². The monoisotopic (exact) mass is 226 g/mol. The molecule has 1 N–H and O–H groups in total. The van der Waals surface area contributed by atoms with Crippen LogP contribution < -0.4 is 5.32 Å². The summed E-state index contributed by atoms with van der Waals surface area (Å²) in [6, 6.07) is 0.708. The standard InChI is InChI=1S/C13H26N2O/c1-10-7-14-8-11(2)12(10)15-5-6-16-9-13(15,3)4/h10-12,14H,5-9H2,1-4H3. The molecule has 94 valence electrons. The van der Waals surface area contributed by atoms with E-state index < -0.39 is 0 Å². The topological polar surface area (TPSA) is 24.5 Å². The number of morpholine rings is 1. The number of ether oxygens (including phenoxy) is 1. The number of nitrogens with one attached hydrogen (secondary N) is 1. The average Bonchev–Trinajstić information content (AvgIpc) is 2.19. The van der Waals surface area contributed by atoms with Crippen LogP contribution in [0, 0.1) is 11.8 Å². The summed E-state index contributed by atoms with van der Waals surface area (Å²) in [6.45, 7) is 14.5. The van der Waals surface area contributed by atoms with Crippen molar-refractivity contribution in [3.63, 3.8) is 0 Å². The summed E-state index contributed by atoms with van der Waals surface area (Å²) in [6.07, 6.45) is 0. The van der Waals surface area contributed by atoms with Crippen LogP contribution in [0.3, 0.4) is 0 Å². The molecule has 0 aromatic heterocycles. The number of hydrogen-bond donors (Lipinski definition) is 1. The molecular formula is C13H26N2O. The van der Waals surface area contributed by atoms with E-state index in [-0.39, 0.29) is 5.54 Å². The SMILES string of the molecule is CC1CNCC(C)C1N1CCOCC1(C)C. The summed E-state index contributed by atoms with van der Waals surface area (Å²) < 4.78 is 5.62. The minimum atomic E-state index is 0.197. The first-order valence-electron chi connectivity index (χ1n) is 6.57. The minimum absolute atomic E-state index is 0.197. The summed E-state index contributed by atoms with van der Waals surface area (Å²) in [5.41, 5.74) is 0.197. The Balaban J connectivity index is 2.14. The van der Waals surface area contributed by atoms with E-state index in [2.05, 4.69) is 37.9 Å². The number of nitrogens with zero attached hydrogens (tertiary/aromatic N) is 1. The van der Waals surface area contributed by atoms with E-state index in [4.69, 9.17) is 4.74 Å². The van der Waals surface area contributed by atoms with Crippen molar-refractivity contribution in [3.05, 3.63) is 0 Å². The fourth-order valence-corrected chi connectivity index (χ4v) is 3.38. The van der Waals surface area contributed by atoms with Crippen molar-refractivity contribution in [2.75, 3.05) is 32.8 Å². The van der Waals surface area contributed by atoms with Gasteiger partial charge in [-0.15, -0.1) is 0 Å². The zero-order chi connectivity index (χ0) is 11.8. The molecule has 0 aromatic carbocycles. The second-order valence-electron chi connectivity index (χ2n) is 6.16. The molecule has 2 fully saturated rings. The largest absolute Gasteiger partial charge is 0.378 e. The maximum Gasteiger partial charge on any atom is 0.0645 e. The Morgan fingerprint density at radius 3 is 2.38 bits per heavy atom. The molecule has 0 radical (unpaired) electrons. The summed E-state index contributed by atoms with van der Waals surface area (Å²) in [5.74, 6) is 1.47. The van der Waals surface area contributed by atoms with E-state index in [1.165, 1.54) is 0 Å². The lowest BCUT2D eigenvalue weighted by Crippen LogP contribution is -2.63. The third-order valence-electron chi connectivity index (χ3n) is 4.17. The lowest BCUT2D eigenvalue weighted by atomic mass is 9.82. The summed E-state index contributed by atoms with van der Waals surface area (Å²) in [5, 5.41) is 3.52. The Bertz CT molecular complexity index is 232. The molecule has 0 bridgehead atoms. The smallest absolute Gasteiger partial charge is 0.0645 e. The van der Waals surface area contributed by atoms with Crippen molar-refractivity contribution in [3.8, 4) is 0 Å². The van der Waals surface area contributed by atoms with Gasteiger partial charge in [-0.1, -0.05) is 13.8 Å². The quantitative estimate of drug-likeness (QED) is 0.730. The van der Waals surface area contributed by atoms with E-state index in [0.29, 0.717) is 6.04 Å². The molecule has 2 rings (SSSR count). The Kier molecular flexibility index (Phi) is 3.57. The molecule has 2 aliphatic rings. The van der Waals surface area contributed by atoms with Crippen LogP contribution in [0.25, 0.3) is 0 Å². The number of piperidine rings is 1. The third-order valence-corrected chi connectivity index (χ3v) is 4.17. The van der Waals surface area contributed by atoms with Gasteiger partial charge in [-0.25, -0.2) is 0 Å². The molecule has 0 aliphatic carbocycles. The molecular weight excluding hydrogens is 200 g/mol. The Labute approximate surface area is 99.5 Å². The summed E-state index contributed by atoms with van der Waals surface area (Å²) in [7, 11) is 0. The van der Waals surface area contributed by atoms with Crippen molar-refractivity contribution in [1.82, 2.24) is 10.2 Å². The molecule has 0 spiro atoms. The van der Waals surface area contributed by atoms with Crippen LogP contribution in [-0.2, 0) is 4.74 Å². The van der Waals surface area contributed by atoms with Crippen LogP contribution in [0.2, 0.25) is 0 Å². The van der Waals surface area contributed by atoms with Gasteiger partial charge in [0.2, 0.25) is 0 Å². The minimum Gasteiger partial charge on any atom is -0.378 e. The van der Waals surface area contributed by atoms with Crippen molar-refractivity contribution >= 4 is 0 Å². The highest BCUT2D eigenvalue weighted by Gasteiger charge is 2.41. The molecule has 0 aromatic rings. The molecule has 2 saturated heterocycles. The number of rotatable bonds is 1. The second-order valence-corrected chi connectivity index (χ2v) is 6.16. The van der Waals surface area contributed by atoms with Gasteiger partial charge in [-0.05, 0) is 38.8 Å². The average molecular weight is 226 g/mol. The molecule has 0 saturated carbocycles. The Morgan fingerprint density at radius 1 is 1.19 bits per heavy atom. The molecule has 0 amide bonds. The van der Waals surface area contributed by atoms with Gasteiger partial charge in [0, 0.05) is 18.1 Å². The van der Waals surface area contributed by atoms with Gasteiger partial charge >= 0.3 is 0 Å². The first kappa shape index (κ1) is 12.3. The van der Waals surface area contributed by atoms with Gasteiger partial charge in [-0.3, -0.25) is 4.90 Å². The predicted octanol–water partition coefficient (Wildman–Crippen LogP) is 1.34. The van der Waals surface area contributed by atoms with Gasteiger partial charge in [-0.2, -0.15) is 0 Å². The second kappa shape index (κ2) is 4.63. The van der Waals surface area contributed by atoms with Gasteiger partial charge in [0.1, 0.15) is 0 Å². The maximum atomic E-state index is 5.62. The fraction of sp³-hybridized carbons (Fsp3) is 1.00. The summed E-state index contributed by atoms with van der Waals surface area (Å²) >= 11 is 0. The van der Waals surface area contributed by atoms with E-state index >= 15 is 0 Å². The van der Waals surface area contributed by atoms with Crippen LogP contribution in [0.1, 0.15) is 27.7 Å². The van der Waals surface area contributed by atoms with Crippen LogP contribution in [0.4, 0.5) is 0 Å². The third kappa shape index (κ3) is 2.27. The highest BCUT2D eigenvalue weighted by atomic mass is 16.5. The van der Waals surface area contributed by atoms with Crippen LogP contribution >= 0.6 is 0 Å². The van der Waals surface area contributed by atoms with Gasteiger partial charge in [0.15, 0.2) is 0 Å². The molecule has 3 nitrogen and oxygen atoms in total. The Morgan fingerprint density at radius 2 is 1.81 bits per heavy atom. The van der Waals surface area contributed by atoms with Gasteiger partial charge in [0.05, 0.1) is 13.2 Å². The highest BCUT2D eigenvalue weighted by molar-refractivity contribution is 4.95. The van der Waals surface area contributed by atoms with Gasteiger partial charge < -0.3 is 10.1 Å². The van der Waals surface area contributed by atoms with E-state index in [1.54, 1.807) is 0 Å². The zero-order valence-corrected chi connectivity index (χ0v) is 11.1. The first-order chi connectivity index (χ1) is 7.52. The van der Waals surface area contributed by atoms with Crippen molar-refractivity contribution in [2.24, 2.45) is 11.8 Å². The normalized spacial score (nSPS) is 40.9. The van der Waals surface area contributed by atoms with E-state index in [1.807, 2.05) is 0 Å². The highest BCUT2D eigenvalue weighted by Crippen LogP contribution is 2.30. The van der Waals surface area contributed by atoms with Crippen LogP contribution in [0.15, 0.2) is 0 Å². The molecule has 2 unspecified atom stereocenters. The van der Waals surface area contributed by atoms with Crippen molar-refractivity contribution in [1.29, 1.82) is 0 Å². The molecule has 3 heteroatoms. The fourth-order valence-electron chi connectivity index (χ4n) is 3.38. The van der Waals surface area contributed by atoms with Crippen LogP contribution in [-0.4, -0.2) is 49.3 Å². The van der Waals surface area contributed by atoms with Gasteiger partial charge in [0.25, 0.3) is 0 Å². The maximum absolute atomic E-state index is 5.62. The van der Waals surface area contributed by atoms with E-state index in [9.17, 15) is 0 Å². The van der Waals surface area contributed by atoms with Crippen molar-refractivity contribution < 1.29 is 4.74 Å². The van der Waals surface area contributed by atoms with E-state index in [0.717, 1.165) is 44.7 Å². The molecule has 16 heavy (non-hydrogen) atoms. The lowest BCUT2D eigenvalue weighted by molar-refractivity contribution is -0.0969. The first-order valence-corrected chi connectivity index (χ1v) is 6.57. The predicted molar refractivity (Wildman–Crippen MR) is 66.6 cm³/mol. The zero-order valence-electron chi connectivity index (χ0n) is 11.1. The molecule has 2 heterocycles. The number of hydrogen-bond acceptors (Lipinski definition) is 3.